The molecule has 0 fully saturated rings. The van der Waals surface area contributed by atoms with E-state index in [0.29, 0.717) is 12.4 Å². The van der Waals surface area contributed by atoms with Gasteiger partial charge in [0.25, 0.3) is 5.89 Å². The van der Waals surface area contributed by atoms with Crippen molar-refractivity contribution in [1.82, 2.24) is 10.1 Å². The van der Waals surface area contributed by atoms with Gasteiger partial charge >= 0.3 is 0 Å². The summed E-state index contributed by atoms with van der Waals surface area (Å²) in [4.78, 5) is 4.18. The number of nitrogens with zero attached hydrogens (tertiary/aromatic N) is 2. The van der Waals surface area contributed by atoms with E-state index in [2.05, 4.69) is 10.1 Å². The standard InChI is InChI=1S/C13H15FN2O3/c1-4-18-13(2,3)12-15-11(19-16-12)9-6-5-8(14)7-10(9)17/h5-7,17H,4H2,1-3H3. The van der Waals surface area contributed by atoms with Gasteiger partial charge in [0.05, 0.1) is 5.56 Å². The fourth-order valence-corrected chi connectivity index (χ4v) is 1.69. The number of aromatic nitrogens is 2. The summed E-state index contributed by atoms with van der Waals surface area (Å²) in [6, 6.07) is 3.59. The van der Waals surface area contributed by atoms with Crippen LogP contribution in [0.2, 0.25) is 0 Å². The van der Waals surface area contributed by atoms with Crippen LogP contribution in [0, 0.1) is 5.82 Å². The molecule has 0 aliphatic carbocycles. The second-order valence-corrected chi connectivity index (χ2v) is 4.53. The van der Waals surface area contributed by atoms with E-state index in [4.69, 9.17) is 9.26 Å². The van der Waals surface area contributed by atoms with Gasteiger partial charge in [-0.15, -0.1) is 0 Å². The summed E-state index contributed by atoms with van der Waals surface area (Å²) >= 11 is 0. The van der Waals surface area contributed by atoms with Crippen LogP contribution in [0.3, 0.4) is 0 Å². The first-order valence-electron chi connectivity index (χ1n) is 5.91. The molecule has 2 aromatic rings. The van der Waals surface area contributed by atoms with Gasteiger partial charge in [-0.3, -0.25) is 0 Å². The van der Waals surface area contributed by atoms with E-state index in [-0.39, 0.29) is 17.2 Å². The maximum Gasteiger partial charge on any atom is 0.261 e. The normalized spacial score (nSPS) is 11.8. The molecule has 5 nitrogen and oxygen atoms in total. The van der Waals surface area contributed by atoms with Crippen LogP contribution >= 0.6 is 0 Å². The molecule has 0 spiro atoms. The van der Waals surface area contributed by atoms with Gasteiger partial charge in [0.2, 0.25) is 5.82 Å². The Bertz CT molecular complexity index is 581. The van der Waals surface area contributed by atoms with Gasteiger partial charge in [-0.1, -0.05) is 5.16 Å². The van der Waals surface area contributed by atoms with E-state index >= 15 is 0 Å². The molecule has 0 saturated heterocycles. The zero-order valence-electron chi connectivity index (χ0n) is 11.0. The number of rotatable bonds is 4. The van der Waals surface area contributed by atoms with Crippen LogP contribution in [0.4, 0.5) is 4.39 Å². The SMILES string of the molecule is CCOC(C)(C)c1noc(-c2ccc(F)cc2O)n1. The smallest absolute Gasteiger partial charge is 0.261 e. The molecule has 1 heterocycles. The summed E-state index contributed by atoms with van der Waals surface area (Å²) in [5, 5.41) is 13.5. The highest BCUT2D eigenvalue weighted by Gasteiger charge is 2.28. The largest absolute Gasteiger partial charge is 0.507 e. The Hall–Kier alpha value is -1.95. The third-order valence-corrected chi connectivity index (χ3v) is 2.66. The van der Waals surface area contributed by atoms with Gasteiger partial charge in [-0.05, 0) is 32.9 Å². The summed E-state index contributed by atoms with van der Waals surface area (Å²) in [6.07, 6.45) is 0. The summed E-state index contributed by atoms with van der Waals surface area (Å²) in [5.41, 5.74) is -0.404. The minimum Gasteiger partial charge on any atom is -0.507 e. The minimum absolute atomic E-state index is 0.125. The van der Waals surface area contributed by atoms with E-state index in [9.17, 15) is 9.50 Å². The topological polar surface area (TPSA) is 68.4 Å². The average Bonchev–Trinajstić information content (AvgIpc) is 2.78. The molecule has 0 radical (unpaired) electrons. The molecular formula is C13H15FN2O3. The first-order valence-corrected chi connectivity index (χ1v) is 5.91. The summed E-state index contributed by atoms with van der Waals surface area (Å²) < 4.78 is 23.5. The van der Waals surface area contributed by atoms with Gasteiger partial charge in [0.1, 0.15) is 17.2 Å². The zero-order valence-corrected chi connectivity index (χ0v) is 11.0. The van der Waals surface area contributed by atoms with E-state index < -0.39 is 11.4 Å². The molecule has 0 atom stereocenters. The molecular weight excluding hydrogens is 251 g/mol. The molecule has 0 bridgehead atoms. The lowest BCUT2D eigenvalue weighted by Crippen LogP contribution is -2.23. The van der Waals surface area contributed by atoms with Crippen molar-refractivity contribution in [3.8, 4) is 17.2 Å². The molecule has 0 saturated carbocycles. The van der Waals surface area contributed by atoms with Crippen LogP contribution < -0.4 is 0 Å². The quantitative estimate of drug-likeness (QED) is 0.921. The van der Waals surface area contributed by atoms with E-state index in [1.807, 2.05) is 20.8 Å². The third-order valence-electron chi connectivity index (χ3n) is 2.66. The second kappa shape index (κ2) is 4.97. The van der Waals surface area contributed by atoms with Crippen molar-refractivity contribution in [1.29, 1.82) is 0 Å². The number of phenolic OH excluding ortho intramolecular Hbond substituents is 1. The maximum atomic E-state index is 12.9. The van der Waals surface area contributed by atoms with Crippen molar-refractivity contribution in [2.45, 2.75) is 26.4 Å². The zero-order chi connectivity index (χ0) is 14.0. The summed E-state index contributed by atoms with van der Waals surface area (Å²) in [7, 11) is 0. The fourth-order valence-electron chi connectivity index (χ4n) is 1.69. The molecule has 6 heteroatoms. The van der Waals surface area contributed by atoms with E-state index in [0.717, 1.165) is 6.07 Å². The van der Waals surface area contributed by atoms with Crippen molar-refractivity contribution < 1.29 is 18.8 Å². The predicted molar refractivity (Wildman–Crippen MR) is 66.0 cm³/mol. The lowest BCUT2D eigenvalue weighted by Gasteiger charge is -2.19. The molecule has 0 aliphatic heterocycles. The van der Waals surface area contributed by atoms with Crippen LogP contribution in [0.5, 0.6) is 5.75 Å². The van der Waals surface area contributed by atoms with Crippen molar-refractivity contribution >= 4 is 0 Å². The highest BCUT2D eigenvalue weighted by atomic mass is 19.1. The third kappa shape index (κ3) is 2.73. The van der Waals surface area contributed by atoms with Crippen LogP contribution in [0.15, 0.2) is 22.7 Å². The number of phenols is 1. The van der Waals surface area contributed by atoms with Gasteiger partial charge in [0.15, 0.2) is 0 Å². The van der Waals surface area contributed by atoms with Crippen LogP contribution in [0.25, 0.3) is 11.5 Å². The lowest BCUT2D eigenvalue weighted by molar-refractivity contribution is -0.0221. The molecule has 0 unspecified atom stereocenters. The Morgan fingerprint density at radius 1 is 1.42 bits per heavy atom. The molecule has 0 aliphatic rings. The maximum absolute atomic E-state index is 12.9. The van der Waals surface area contributed by atoms with Crippen molar-refractivity contribution in [3.05, 3.63) is 29.8 Å². The molecule has 0 amide bonds. The Morgan fingerprint density at radius 2 is 2.16 bits per heavy atom. The molecule has 1 N–H and O–H groups in total. The number of aromatic hydroxyl groups is 1. The summed E-state index contributed by atoms with van der Waals surface area (Å²) in [6.45, 7) is 6.01. The molecule has 102 valence electrons. The molecule has 1 aromatic carbocycles. The average molecular weight is 266 g/mol. The monoisotopic (exact) mass is 266 g/mol. The van der Waals surface area contributed by atoms with Crippen molar-refractivity contribution in [2.75, 3.05) is 6.61 Å². The second-order valence-electron chi connectivity index (χ2n) is 4.53. The number of ether oxygens (including phenoxy) is 1. The van der Waals surface area contributed by atoms with Crippen molar-refractivity contribution in [2.24, 2.45) is 0 Å². The summed E-state index contributed by atoms with van der Waals surface area (Å²) in [5.74, 6) is -0.284. The highest BCUT2D eigenvalue weighted by Crippen LogP contribution is 2.30. The van der Waals surface area contributed by atoms with Gasteiger partial charge < -0.3 is 14.4 Å². The highest BCUT2D eigenvalue weighted by molar-refractivity contribution is 5.61. The number of hydrogen-bond donors (Lipinski definition) is 1. The Labute approximate surface area is 110 Å². The Morgan fingerprint density at radius 3 is 2.79 bits per heavy atom. The first kappa shape index (κ1) is 13.5. The van der Waals surface area contributed by atoms with Gasteiger partial charge in [-0.2, -0.15) is 4.98 Å². The van der Waals surface area contributed by atoms with Crippen LogP contribution in [0.1, 0.15) is 26.6 Å². The van der Waals surface area contributed by atoms with Gasteiger partial charge in [-0.25, -0.2) is 4.39 Å². The Balaban J connectivity index is 2.35. The molecule has 2 rings (SSSR count). The minimum atomic E-state index is -0.688. The van der Waals surface area contributed by atoms with E-state index in [1.165, 1.54) is 12.1 Å². The molecule has 1 aromatic heterocycles. The Kier molecular flexibility index (Phi) is 3.53. The number of halogens is 1. The fraction of sp³-hybridized carbons (Fsp3) is 0.385. The van der Waals surface area contributed by atoms with Crippen LogP contribution in [-0.4, -0.2) is 21.9 Å². The van der Waals surface area contributed by atoms with E-state index in [1.54, 1.807) is 0 Å². The number of benzene rings is 1. The number of hydrogen-bond acceptors (Lipinski definition) is 5. The van der Waals surface area contributed by atoms with Crippen molar-refractivity contribution in [3.63, 3.8) is 0 Å². The lowest BCUT2D eigenvalue weighted by atomic mass is 10.1. The van der Waals surface area contributed by atoms with Crippen LogP contribution in [-0.2, 0) is 10.3 Å². The first-order chi connectivity index (χ1) is 8.94. The molecule has 19 heavy (non-hydrogen) atoms. The predicted octanol–water partition coefficient (Wildman–Crippen LogP) is 2.85. The van der Waals surface area contributed by atoms with Gasteiger partial charge in [0, 0.05) is 12.7 Å².